The molecule has 1 aliphatic heterocycles. The van der Waals surface area contributed by atoms with Crippen LogP contribution in [-0.2, 0) is 17.4 Å². The summed E-state index contributed by atoms with van der Waals surface area (Å²) in [5.74, 6) is -0.148. The number of piperidine rings is 1. The Bertz CT molecular complexity index is 800. The van der Waals surface area contributed by atoms with Gasteiger partial charge < -0.3 is 14.4 Å². The van der Waals surface area contributed by atoms with E-state index in [2.05, 4.69) is 4.90 Å². The Hall–Kier alpha value is -2.54. The number of halogens is 3. The lowest BCUT2D eigenvalue weighted by molar-refractivity contribution is -0.138. The van der Waals surface area contributed by atoms with Gasteiger partial charge in [-0.1, -0.05) is 18.2 Å². The lowest BCUT2D eigenvalue weighted by Gasteiger charge is -2.29. The standard InChI is InChI=1S/C21H22F3NO3/c1-25-9-7-18(8-10-25)27-19-12-15(11-16(14-19)21(22,23)24)13-20(26)28-17-5-3-2-4-6-17/h2-6,11-12,14,18H,7-10,13H2,1H3. The molecule has 4 nitrogen and oxygen atoms in total. The molecule has 0 spiro atoms. The molecule has 0 aliphatic carbocycles. The molecule has 1 aliphatic rings. The number of carbonyl (C=O) groups excluding carboxylic acids is 1. The molecule has 3 rings (SSSR count). The van der Waals surface area contributed by atoms with Crippen molar-refractivity contribution in [1.82, 2.24) is 4.90 Å². The number of hydrogen-bond donors (Lipinski definition) is 0. The molecule has 150 valence electrons. The molecule has 0 bridgehead atoms. The fraction of sp³-hybridized carbons (Fsp3) is 0.381. The van der Waals surface area contributed by atoms with Gasteiger partial charge in [-0.25, -0.2) is 0 Å². The van der Waals surface area contributed by atoms with Crippen LogP contribution in [0.4, 0.5) is 13.2 Å². The molecule has 0 unspecified atom stereocenters. The first kappa shape index (κ1) is 20.2. The topological polar surface area (TPSA) is 38.8 Å². The van der Waals surface area contributed by atoms with Gasteiger partial charge >= 0.3 is 12.1 Å². The van der Waals surface area contributed by atoms with E-state index < -0.39 is 17.7 Å². The first-order valence-electron chi connectivity index (χ1n) is 9.12. The van der Waals surface area contributed by atoms with Crippen molar-refractivity contribution in [2.45, 2.75) is 31.5 Å². The van der Waals surface area contributed by atoms with Gasteiger partial charge in [-0.15, -0.1) is 0 Å². The van der Waals surface area contributed by atoms with E-state index in [0.717, 1.165) is 38.1 Å². The van der Waals surface area contributed by atoms with Crippen LogP contribution in [0.3, 0.4) is 0 Å². The van der Waals surface area contributed by atoms with Gasteiger partial charge in [-0.3, -0.25) is 4.79 Å². The Morgan fingerprint density at radius 1 is 1.07 bits per heavy atom. The predicted molar refractivity (Wildman–Crippen MR) is 98.4 cm³/mol. The maximum absolute atomic E-state index is 13.3. The fourth-order valence-electron chi connectivity index (χ4n) is 3.11. The summed E-state index contributed by atoms with van der Waals surface area (Å²) in [6.45, 7) is 1.67. The van der Waals surface area contributed by atoms with E-state index in [9.17, 15) is 18.0 Å². The molecule has 28 heavy (non-hydrogen) atoms. The van der Waals surface area contributed by atoms with Gasteiger partial charge in [0.2, 0.25) is 0 Å². The second-order valence-electron chi connectivity index (χ2n) is 6.95. The summed E-state index contributed by atoms with van der Waals surface area (Å²) in [4.78, 5) is 14.3. The van der Waals surface area contributed by atoms with Crippen LogP contribution in [0.25, 0.3) is 0 Å². The van der Waals surface area contributed by atoms with Gasteiger partial charge in [0.1, 0.15) is 17.6 Å². The number of carbonyl (C=O) groups is 1. The summed E-state index contributed by atoms with van der Waals surface area (Å²) in [5.41, 5.74) is -0.626. The molecule has 0 aromatic heterocycles. The van der Waals surface area contributed by atoms with Crippen molar-refractivity contribution in [3.63, 3.8) is 0 Å². The Kier molecular flexibility index (Phi) is 6.24. The second-order valence-corrected chi connectivity index (χ2v) is 6.95. The maximum Gasteiger partial charge on any atom is 0.416 e. The summed E-state index contributed by atoms with van der Waals surface area (Å²) in [7, 11) is 2.00. The van der Waals surface area contributed by atoms with E-state index in [1.165, 1.54) is 6.07 Å². The van der Waals surface area contributed by atoms with Crippen molar-refractivity contribution in [3.8, 4) is 11.5 Å². The fourth-order valence-corrected chi connectivity index (χ4v) is 3.11. The van der Waals surface area contributed by atoms with Crippen molar-refractivity contribution >= 4 is 5.97 Å². The minimum absolute atomic E-state index is 0.131. The lowest BCUT2D eigenvalue weighted by atomic mass is 10.1. The largest absolute Gasteiger partial charge is 0.490 e. The number of ether oxygens (including phenoxy) is 2. The number of alkyl halides is 3. The number of para-hydroxylation sites is 1. The van der Waals surface area contributed by atoms with E-state index >= 15 is 0 Å². The molecule has 0 N–H and O–H groups in total. The van der Waals surface area contributed by atoms with Crippen LogP contribution in [0.2, 0.25) is 0 Å². The van der Waals surface area contributed by atoms with E-state index in [0.29, 0.717) is 5.75 Å². The van der Waals surface area contributed by atoms with Crippen LogP contribution < -0.4 is 9.47 Å². The van der Waals surface area contributed by atoms with Gasteiger partial charge in [0.25, 0.3) is 0 Å². The van der Waals surface area contributed by atoms with E-state index in [4.69, 9.17) is 9.47 Å². The third-order valence-corrected chi connectivity index (χ3v) is 4.59. The Morgan fingerprint density at radius 2 is 1.75 bits per heavy atom. The normalized spacial score (nSPS) is 16.0. The zero-order valence-electron chi connectivity index (χ0n) is 15.5. The number of esters is 1. The molecule has 2 aromatic carbocycles. The first-order valence-corrected chi connectivity index (χ1v) is 9.12. The third kappa shape index (κ3) is 5.73. The molecule has 1 fully saturated rings. The summed E-state index contributed by atoms with van der Waals surface area (Å²) < 4.78 is 50.8. The van der Waals surface area contributed by atoms with Crippen LogP contribution in [0.1, 0.15) is 24.0 Å². The molecular weight excluding hydrogens is 371 g/mol. The molecule has 1 saturated heterocycles. The number of benzene rings is 2. The van der Waals surface area contributed by atoms with Crippen molar-refractivity contribution < 1.29 is 27.4 Å². The zero-order chi connectivity index (χ0) is 20.1. The number of hydrogen-bond acceptors (Lipinski definition) is 4. The van der Waals surface area contributed by atoms with Gasteiger partial charge in [0.15, 0.2) is 0 Å². The van der Waals surface area contributed by atoms with E-state index in [-0.39, 0.29) is 23.8 Å². The predicted octanol–water partition coefficient (Wildman–Crippen LogP) is 4.33. The molecule has 0 atom stereocenters. The van der Waals surface area contributed by atoms with E-state index in [1.54, 1.807) is 30.3 Å². The Balaban J connectivity index is 1.74. The minimum atomic E-state index is -4.52. The molecule has 7 heteroatoms. The average molecular weight is 393 g/mol. The number of rotatable bonds is 5. The second kappa shape index (κ2) is 8.65. The highest BCUT2D eigenvalue weighted by Crippen LogP contribution is 2.33. The van der Waals surface area contributed by atoms with Gasteiger partial charge in [-0.2, -0.15) is 13.2 Å². The SMILES string of the molecule is CN1CCC(Oc2cc(CC(=O)Oc3ccccc3)cc(C(F)(F)F)c2)CC1. The van der Waals surface area contributed by atoms with Crippen molar-refractivity contribution in [1.29, 1.82) is 0 Å². The minimum Gasteiger partial charge on any atom is -0.490 e. The van der Waals surface area contributed by atoms with Crippen LogP contribution in [-0.4, -0.2) is 37.1 Å². The first-order chi connectivity index (χ1) is 13.3. The van der Waals surface area contributed by atoms with Gasteiger partial charge in [0, 0.05) is 13.1 Å². The van der Waals surface area contributed by atoms with Crippen LogP contribution in [0.15, 0.2) is 48.5 Å². The monoisotopic (exact) mass is 393 g/mol. The van der Waals surface area contributed by atoms with E-state index in [1.807, 2.05) is 7.05 Å². The van der Waals surface area contributed by atoms with Gasteiger partial charge in [-0.05, 0) is 55.8 Å². The number of likely N-dealkylation sites (tertiary alicyclic amines) is 1. The van der Waals surface area contributed by atoms with Crippen molar-refractivity contribution in [3.05, 3.63) is 59.7 Å². The molecule has 0 saturated carbocycles. The van der Waals surface area contributed by atoms with Crippen molar-refractivity contribution in [2.75, 3.05) is 20.1 Å². The van der Waals surface area contributed by atoms with Crippen LogP contribution >= 0.6 is 0 Å². The van der Waals surface area contributed by atoms with Crippen LogP contribution in [0.5, 0.6) is 11.5 Å². The molecule has 2 aromatic rings. The summed E-state index contributed by atoms with van der Waals surface area (Å²) in [6.07, 6.45) is -3.44. The number of nitrogens with zero attached hydrogens (tertiary/aromatic N) is 1. The summed E-state index contributed by atoms with van der Waals surface area (Å²) in [6, 6.07) is 11.9. The molecule has 1 heterocycles. The highest BCUT2D eigenvalue weighted by atomic mass is 19.4. The Morgan fingerprint density at radius 3 is 2.39 bits per heavy atom. The highest BCUT2D eigenvalue weighted by Gasteiger charge is 2.32. The summed E-state index contributed by atoms with van der Waals surface area (Å²) >= 11 is 0. The molecular formula is C21H22F3NO3. The summed E-state index contributed by atoms with van der Waals surface area (Å²) in [5, 5.41) is 0. The zero-order valence-corrected chi connectivity index (χ0v) is 15.5. The average Bonchev–Trinajstić information content (AvgIpc) is 2.63. The maximum atomic E-state index is 13.3. The highest BCUT2D eigenvalue weighted by molar-refractivity contribution is 5.75. The third-order valence-electron chi connectivity index (χ3n) is 4.59. The molecule has 0 radical (unpaired) electrons. The van der Waals surface area contributed by atoms with Gasteiger partial charge in [0.05, 0.1) is 12.0 Å². The quantitative estimate of drug-likeness (QED) is 0.560. The smallest absolute Gasteiger partial charge is 0.416 e. The molecule has 0 amide bonds. The lowest BCUT2D eigenvalue weighted by Crippen LogP contribution is -2.35. The van der Waals surface area contributed by atoms with Crippen molar-refractivity contribution in [2.24, 2.45) is 0 Å². The Labute approximate surface area is 161 Å². The van der Waals surface area contributed by atoms with Crippen LogP contribution in [0, 0.1) is 0 Å².